The topological polar surface area (TPSA) is 37.3 Å². The maximum atomic E-state index is 11.2. The van der Waals surface area contributed by atoms with Gasteiger partial charge in [0.25, 0.3) is 0 Å². The number of hydrogen-bond acceptors (Lipinski definition) is 1. The number of carboxylic acids is 1. The summed E-state index contributed by atoms with van der Waals surface area (Å²) < 4.78 is 0. The fraction of sp³-hybridized carbons (Fsp3) is 0.438. The van der Waals surface area contributed by atoms with Crippen LogP contribution in [-0.4, -0.2) is 11.1 Å². The molecule has 1 aliphatic rings. The summed E-state index contributed by atoms with van der Waals surface area (Å²) in [4.78, 5) is 11.2. The molecule has 3 atom stereocenters. The van der Waals surface area contributed by atoms with E-state index in [1.165, 1.54) is 11.1 Å². The largest absolute Gasteiger partial charge is 0.481 e. The maximum absolute atomic E-state index is 11.2. The molecule has 0 aromatic heterocycles. The lowest BCUT2D eigenvalue weighted by atomic mass is 9.70. The van der Waals surface area contributed by atoms with Crippen LogP contribution in [-0.2, 0) is 4.79 Å². The van der Waals surface area contributed by atoms with Crippen molar-refractivity contribution in [3.8, 4) is 0 Å². The van der Waals surface area contributed by atoms with Gasteiger partial charge in [0.1, 0.15) is 0 Å². The zero-order valence-electron chi connectivity index (χ0n) is 11.0. The van der Waals surface area contributed by atoms with Crippen molar-refractivity contribution in [2.24, 2.45) is 17.8 Å². The van der Waals surface area contributed by atoms with Crippen LogP contribution in [0, 0.1) is 17.8 Å². The Bertz CT molecular complexity index is 447. The Morgan fingerprint density at radius 2 is 2.00 bits per heavy atom. The van der Waals surface area contributed by atoms with Crippen LogP contribution < -0.4 is 0 Å². The van der Waals surface area contributed by atoms with Crippen molar-refractivity contribution in [1.82, 2.24) is 0 Å². The molecule has 1 aromatic carbocycles. The number of allylic oxidation sites excluding steroid dienone is 2. The van der Waals surface area contributed by atoms with E-state index in [0.29, 0.717) is 12.3 Å². The predicted molar refractivity (Wildman–Crippen MR) is 73.1 cm³/mol. The molecule has 2 nitrogen and oxygen atoms in total. The first-order valence-corrected chi connectivity index (χ1v) is 6.63. The molecule has 0 saturated heterocycles. The van der Waals surface area contributed by atoms with E-state index in [2.05, 4.69) is 32.1 Å². The third-order valence-electron chi connectivity index (χ3n) is 4.12. The van der Waals surface area contributed by atoms with E-state index >= 15 is 0 Å². The summed E-state index contributed by atoms with van der Waals surface area (Å²) in [7, 11) is 0. The van der Waals surface area contributed by atoms with E-state index in [1.807, 2.05) is 18.2 Å². The van der Waals surface area contributed by atoms with Gasteiger partial charge < -0.3 is 5.11 Å². The van der Waals surface area contributed by atoms with E-state index in [-0.39, 0.29) is 11.8 Å². The Morgan fingerprint density at radius 3 is 2.56 bits per heavy atom. The SMILES string of the molecule is CC[C@@H]1C(c2ccccc2)=CC[C@@H](C(=O)O)[C@H]1C. The molecule has 0 saturated carbocycles. The van der Waals surface area contributed by atoms with Gasteiger partial charge in [-0.25, -0.2) is 0 Å². The van der Waals surface area contributed by atoms with Gasteiger partial charge in [-0.2, -0.15) is 0 Å². The van der Waals surface area contributed by atoms with E-state index in [4.69, 9.17) is 0 Å². The van der Waals surface area contributed by atoms with E-state index < -0.39 is 5.97 Å². The van der Waals surface area contributed by atoms with Crippen molar-refractivity contribution >= 4 is 11.5 Å². The zero-order valence-corrected chi connectivity index (χ0v) is 11.0. The number of rotatable bonds is 3. The van der Waals surface area contributed by atoms with Gasteiger partial charge in [0.2, 0.25) is 0 Å². The van der Waals surface area contributed by atoms with Gasteiger partial charge in [0.15, 0.2) is 0 Å². The minimum Gasteiger partial charge on any atom is -0.481 e. The standard InChI is InChI=1S/C16H20O2/c1-3-13-11(2)14(16(17)18)9-10-15(13)12-7-5-4-6-8-12/h4-8,10-11,13-14H,3,9H2,1-2H3,(H,17,18)/t11-,13-,14+/m0/s1. The monoisotopic (exact) mass is 244 g/mol. The second-order valence-electron chi connectivity index (χ2n) is 5.08. The van der Waals surface area contributed by atoms with Crippen molar-refractivity contribution in [2.45, 2.75) is 26.7 Å². The Balaban J connectivity index is 2.34. The van der Waals surface area contributed by atoms with Crippen LogP contribution in [0.5, 0.6) is 0 Å². The lowest BCUT2D eigenvalue weighted by molar-refractivity contribution is -0.144. The maximum Gasteiger partial charge on any atom is 0.307 e. The van der Waals surface area contributed by atoms with Crippen LogP contribution in [0.25, 0.3) is 5.57 Å². The molecule has 0 radical (unpaired) electrons. The summed E-state index contributed by atoms with van der Waals surface area (Å²) in [5, 5.41) is 9.25. The third-order valence-corrected chi connectivity index (χ3v) is 4.12. The van der Waals surface area contributed by atoms with Crippen LogP contribution in [0.1, 0.15) is 32.3 Å². The number of hydrogen-bond donors (Lipinski definition) is 1. The predicted octanol–water partition coefficient (Wildman–Crippen LogP) is 3.84. The minimum atomic E-state index is -0.663. The van der Waals surface area contributed by atoms with Gasteiger partial charge in [-0.3, -0.25) is 4.79 Å². The average molecular weight is 244 g/mol. The fourth-order valence-corrected chi connectivity index (χ4v) is 3.06. The Morgan fingerprint density at radius 1 is 1.33 bits per heavy atom. The molecule has 2 heteroatoms. The number of carbonyl (C=O) groups is 1. The molecular weight excluding hydrogens is 224 g/mol. The van der Waals surface area contributed by atoms with E-state index in [0.717, 1.165) is 6.42 Å². The molecule has 96 valence electrons. The lowest BCUT2D eigenvalue weighted by Gasteiger charge is -2.34. The highest BCUT2D eigenvalue weighted by atomic mass is 16.4. The second-order valence-corrected chi connectivity index (χ2v) is 5.08. The van der Waals surface area contributed by atoms with Crippen molar-refractivity contribution in [3.05, 3.63) is 42.0 Å². The van der Waals surface area contributed by atoms with Crippen LogP contribution in [0.4, 0.5) is 0 Å². The first-order valence-electron chi connectivity index (χ1n) is 6.63. The summed E-state index contributed by atoms with van der Waals surface area (Å²) in [6.07, 6.45) is 3.77. The van der Waals surface area contributed by atoms with E-state index in [9.17, 15) is 9.90 Å². The van der Waals surface area contributed by atoms with Gasteiger partial charge in [-0.15, -0.1) is 0 Å². The molecule has 0 heterocycles. The lowest BCUT2D eigenvalue weighted by Crippen LogP contribution is -2.30. The molecule has 0 spiro atoms. The summed E-state index contributed by atoms with van der Waals surface area (Å²) in [6.45, 7) is 4.21. The Kier molecular flexibility index (Phi) is 3.85. The van der Waals surface area contributed by atoms with Crippen LogP contribution >= 0.6 is 0 Å². The smallest absolute Gasteiger partial charge is 0.307 e. The highest BCUT2D eigenvalue weighted by molar-refractivity contribution is 5.75. The highest BCUT2D eigenvalue weighted by Crippen LogP contribution is 2.41. The highest BCUT2D eigenvalue weighted by Gasteiger charge is 2.34. The fourth-order valence-electron chi connectivity index (χ4n) is 3.06. The normalized spacial score (nSPS) is 27.7. The average Bonchev–Trinajstić information content (AvgIpc) is 2.39. The second kappa shape index (κ2) is 5.38. The number of benzene rings is 1. The van der Waals surface area contributed by atoms with Gasteiger partial charge >= 0.3 is 5.97 Å². The van der Waals surface area contributed by atoms with Crippen molar-refractivity contribution < 1.29 is 9.90 Å². The molecule has 18 heavy (non-hydrogen) atoms. The van der Waals surface area contributed by atoms with Crippen LogP contribution in [0.3, 0.4) is 0 Å². The minimum absolute atomic E-state index is 0.202. The molecule has 2 rings (SSSR count). The van der Waals surface area contributed by atoms with Crippen LogP contribution in [0.2, 0.25) is 0 Å². The molecule has 0 bridgehead atoms. The molecule has 1 N–H and O–H groups in total. The summed E-state index contributed by atoms with van der Waals surface area (Å²) in [5.74, 6) is -0.346. The van der Waals surface area contributed by atoms with Crippen molar-refractivity contribution in [1.29, 1.82) is 0 Å². The molecule has 0 fully saturated rings. The van der Waals surface area contributed by atoms with Gasteiger partial charge in [0.05, 0.1) is 5.92 Å². The van der Waals surface area contributed by atoms with Gasteiger partial charge in [0, 0.05) is 0 Å². The van der Waals surface area contributed by atoms with Crippen molar-refractivity contribution in [3.63, 3.8) is 0 Å². The Labute approximate surface area is 108 Å². The first-order chi connectivity index (χ1) is 8.65. The summed E-state index contributed by atoms with van der Waals surface area (Å²) >= 11 is 0. The van der Waals surface area contributed by atoms with Crippen molar-refractivity contribution in [2.75, 3.05) is 0 Å². The first kappa shape index (κ1) is 12.9. The molecule has 1 aliphatic carbocycles. The summed E-state index contributed by atoms with van der Waals surface area (Å²) in [5.41, 5.74) is 2.56. The molecule has 0 amide bonds. The zero-order chi connectivity index (χ0) is 13.1. The van der Waals surface area contributed by atoms with Gasteiger partial charge in [-0.1, -0.05) is 50.3 Å². The molecular formula is C16H20O2. The van der Waals surface area contributed by atoms with Crippen LogP contribution in [0.15, 0.2) is 36.4 Å². The van der Waals surface area contributed by atoms with E-state index in [1.54, 1.807) is 0 Å². The summed E-state index contributed by atoms with van der Waals surface area (Å²) in [6, 6.07) is 10.3. The Hall–Kier alpha value is -1.57. The number of carboxylic acid groups (broad SMARTS) is 1. The van der Waals surface area contributed by atoms with Gasteiger partial charge in [-0.05, 0) is 35.8 Å². The quantitative estimate of drug-likeness (QED) is 0.877. The number of aliphatic carboxylic acids is 1. The molecule has 1 aromatic rings. The molecule has 0 unspecified atom stereocenters. The third kappa shape index (κ3) is 2.33. The molecule has 0 aliphatic heterocycles.